The highest BCUT2D eigenvalue weighted by atomic mass is 16.3. The number of nitrogens with two attached hydrogens (primary N) is 1. The maximum atomic E-state index is 9.31. The molecule has 1 atom stereocenters. The molecule has 2 aliphatic carbocycles. The van der Waals surface area contributed by atoms with Gasteiger partial charge in [0, 0.05) is 12.1 Å². The van der Waals surface area contributed by atoms with Crippen LogP contribution in [-0.2, 0) is 0 Å². The Morgan fingerprint density at radius 2 is 1.58 bits per heavy atom. The van der Waals surface area contributed by atoms with Crippen LogP contribution in [0.1, 0.15) is 64.7 Å². The Kier molecular flexibility index (Phi) is 5.67. The zero-order chi connectivity index (χ0) is 13.7. The maximum absolute atomic E-state index is 9.31. The van der Waals surface area contributed by atoms with Gasteiger partial charge in [-0.05, 0) is 57.4 Å². The van der Waals surface area contributed by atoms with Gasteiger partial charge in [-0.15, -0.1) is 0 Å². The lowest BCUT2D eigenvalue weighted by Gasteiger charge is -2.41. The fraction of sp³-hybridized carbons (Fsp3) is 1.00. The Balaban J connectivity index is 1.89. The molecule has 0 radical (unpaired) electrons. The van der Waals surface area contributed by atoms with Gasteiger partial charge < -0.3 is 16.2 Å². The van der Waals surface area contributed by atoms with Gasteiger partial charge in [0.25, 0.3) is 0 Å². The lowest BCUT2D eigenvalue weighted by Crippen LogP contribution is -2.53. The van der Waals surface area contributed by atoms with Crippen molar-refractivity contribution < 1.29 is 5.11 Å². The molecule has 0 aromatic rings. The van der Waals surface area contributed by atoms with Crippen molar-refractivity contribution in [2.45, 2.75) is 76.4 Å². The van der Waals surface area contributed by atoms with E-state index in [0.717, 1.165) is 24.8 Å². The summed E-state index contributed by atoms with van der Waals surface area (Å²) in [6.07, 6.45) is 11.7. The highest BCUT2D eigenvalue weighted by Gasteiger charge is 2.43. The minimum Gasteiger partial charge on any atom is -0.392 e. The van der Waals surface area contributed by atoms with Crippen LogP contribution in [0.3, 0.4) is 0 Å². The molecule has 1 unspecified atom stereocenters. The third-order valence-corrected chi connectivity index (χ3v) is 5.41. The van der Waals surface area contributed by atoms with E-state index in [1.165, 1.54) is 51.4 Å². The van der Waals surface area contributed by atoms with Gasteiger partial charge in [-0.1, -0.05) is 25.7 Å². The van der Waals surface area contributed by atoms with E-state index >= 15 is 0 Å². The first-order valence-corrected chi connectivity index (χ1v) is 8.30. The quantitative estimate of drug-likeness (QED) is 0.622. The van der Waals surface area contributed by atoms with Gasteiger partial charge in [-0.25, -0.2) is 0 Å². The van der Waals surface area contributed by atoms with E-state index in [4.69, 9.17) is 5.73 Å². The Morgan fingerprint density at radius 1 is 1.11 bits per heavy atom. The average Bonchev–Trinajstić information content (AvgIpc) is 3.05. The number of aliphatic hydroxyl groups is 1. The first-order valence-electron chi connectivity index (χ1n) is 8.30. The second-order valence-corrected chi connectivity index (χ2v) is 6.88. The van der Waals surface area contributed by atoms with Gasteiger partial charge in [0.15, 0.2) is 0 Å². The van der Waals surface area contributed by atoms with E-state index in [-0.39, 0.29) is 11.6 Å². The average molecular weight is 268 g/mol. The lowest BCUT2D eigenvalue weighted by atomic mass is 9.70. The second kappa shape index (κ2) is 7.05. The summed E-state index contributed by atoms with van der Waals surface area (Å²) >= 11 is 0. The number of nitrogens with one attached hydrogen (secondary N) is 1. The van der Waals surface area contributed by atoms with Crippen molar-refractivity contribution in [1.29, 1.82) is 0 Å². The van der Waals surface area contributed by atoms with Gasteiger partial charge in [0.1, 0.15) is 0 Å². The van der Waals surface area contributed by atoms with Crippen molar-refractivity contribution >= 4 is 0 Å². The summed E-state index contributed by atoms with van der Waals surface area (Å²) in [4.78, 5) is 0. The number of aliphatic hydroxyl groups excluding tert-OH is 1. The van der Waals surface area contributed by atoms with Crippen LogP contribution in [0.15, 0.2) is 0 Å². The molecule has 0 heterocycles. The summed E-state index contributed by atoms with van der Waals surface area (Å²) in [6.45, 7) is 3.47. The largest absolute Gasteiger partial charge is 0.392 e. The van der Waals surface area contributed by atoms with Gasteiger partial charge in [0.2, 0.25) is 0 Å². The van der Waals surface area contributed by atoms with Crippen LogP contribution < -0.4 is 11.1 Å². The molecule has 3 heteroatoms. The molecule has 0 aromatic carbocycles. The van der Waals surface area contributed by atoms with E-state index in [0.29, 0.717) is 6.54 Å². The van der Waals surface area contributed by atoms with Crippen LogP contribution >= 0.6 is 0 Å². The number of hydrogen-bond acceptors (Lipinski definition) is 3. The van der Waals surface area contributed by atoms with Gasteiger partial charge in [-0.3, -0.25) is 0 Å². The summed E-state index contributed by atoms with van der Waals surface area (Å²) < 4.78 is 0. The van der Waals surface area contributed by atoms with Gasteiger partial charge >= 0.3 is 0 Å². The molecule has 4 N–H and O–H groups in total. The monoisotopic (exact) mass is 268 g/mol. The van der Waals surface area contributed by atoms with Crippen LogP contribution in [-0.4, -0.2) is 29.8 Å². The highest BCUT2D eigenvalue weighted by molar-refractivity contribution is 5.00. The fourth-order valence-corrected chi connectivity index (χ4v) is 4.28. The van der Waals surface area contributed by atoms with Crippen molar-refractivity contribution in [3.05, 3.63) is 0 Å². The predicted molar refractivity (Wildman–Crippen MR) is 80.0 cm³/mol. The normalized spacial score (nSPS) is 24.2. The molecule has 2 fully saturated rings. The molecular formula is C16H32N2O. The first-order chi connectivity index (χ1) is 9.13. The molecule has 112 valence electrons. The molecule has 0 amide bonds. The van der Waals surface area contributed by atoms with Gasteiger partial charge in [0.05, 0.1) is 6.10 Å². The standard InChI is InChI=1S/C16H32N2O/c1-13(19)12-18-11-10-16(17,14-6-2-3-7-14)15-8-4-5-9-15/h13-15,18-19H,2-12,17H2,1H3. The second-order valence-electron chi connectivity index (χ2n) is 6.88. The molecule has 0 bridgehead atoms. The third-order valence-electron chi connectivity index (χ3n) is 5.41. The zero-order valence-electron chi connectivity index (χ0n) is 12.5. The Hall–Kier alpha value is -0.120. The molecule has 0 aliphatic heterocycles. The Morgan fingerprint density at radius 3 is 2.00 bits per heavy atom. The molecular weight excluding hydrogens is 236 g/mol. The summed E-state index contributed by atoms with van der Waals surface area (Å²) in [7, 11) is 0. The van der Waals surface area contributed by atoms with Crippen molar-refractivity contribution in [3.63, 3.8) is 0 Å². The minimum atomic E-state index is -0.259. The lowest BCUT2D eigenvalue weighted by molar-refractivity contribution is 0.155. The summed E-state index contributed by atoms with van der Waals surface area (Å²) in [6, 6.07) is 0. The van der Waals surface area contributed by atoms with E-state index < -0.39 is 0 Å². The SMILES string of the molecule is CC(O)CNCCC(N)(C1CCCC1)C1CCCC1. The summed E-state index contributed by atoms with van der Waals surface area (Å²) in [5.74, 6) is 1.48. The topological polar surface area (TPSA) is 58.3 Å². The summed E-state index contributed by atoms with van der Waals surface area (Å²) in [5, 5.41) is 12.7. The van der Waals surface area contributed by atoms with Crippen molar-refractivity contribution in [3.8, 4) is 0 Å². The van der Waals surface area contributed by atoms with E-state index in [9.17, 15) is 5.11 Å². The van der Waals surface area contributed by atoms with E-state index in [1.807, 2.05) is 6.92 Å². The first kappa shape index (κ1) is 15.3. The van der Waals surface area contributed by atoms with Crippen LogP contribution in [0.5, 0.6) is 0 Å². The van der Waals surface area contributed by atoms with Crippen LogP contribution in [0, 0.1) is 11.8 Å². The van der Waals surface area contributed by atoms with Gasteiger partial charge in [-0.2, -0.15) is 0 Å². The molecule has 3 nitrogen and oxygen atoms in total. The van der Waals surface area contributed by atoms with E-state index in [1.54, 1.807) is 0 Å². The molecule has 0 aromatic heterocycles. The molecule has 0 saturated heterocycles. The third kappa shape index (κ3) is 3.93. The number of rotatable bonds is 7. The van der Waals surface area contributed by atoms with E-state index in [2.05, 4.69) is 5.32 Å². The zero-order valence-corrected chi connectivity index (χ0v) is 12.5. The van der Waals surface area contributed by atoms with Crippen molar-refractivity contribution in [1.82, 2.24) is 5.32 Å². The molecule has 2 rings (SSSR count). The predicted octanol–water partition coefficient (Wildman–Crippen LogP) is 2.42. The number of hydrogen-bond donors (Lipinski definition) is 3. The van der Waals surface area contributed by atoms with Crippen LogP contribution in [0.4, 0.5) is 0 Å². The smallest absolute Gasteiger partial charge is 0.0636 e. The van der Waals surface area contributed by atoms with Crippen molar-refractivity contribution in [2.75, 3.05) is 13.1 Å². The molecule has 2 aliphatic rings. The molecule has 2 saturated carbocycles. The highest BCUT2D eigenvalue weighted by Crippen LogP contribution is 2.44. The molecule has 19 heavy (non-hydrogen) atoms. The fourth-order valence-electron chi connectivity index (χ4n) is 4.28. The summed E-state index contributed by atoms with van der Waals surface area (Å²) in [5.41, 5.74) is 6.98. The Labute approximate surface area is 118 Å². The Bertz CT molecular complexity index is 239. The molecule has 0 spiro atoms. The maximum Gasteiger partial charge on any atom is 0.0636 e. The van der Waals surface area contributed by atoms with Crippen LogP contribution in [0.25, 0.3) is 0 Å². The minimum absolute atomic E-state index is 0.0543. The van der Waals surface area contributed by atoms with Crippen molar-refractivity contribution in [2.24, 2.45) is 17.6 Å². The van der Waals surface area contributed by atoms with Crippen LogP contribution in [0.2, 0.25) is 0 Å².